The van der Waals surface area contributed by atoms with Crippen molar-refractivity contribution < 1.29 is 24.2 Å². The van der Waals surface area contributed by atoms with Crippen LogP contribution in [0.1, 0.15) is 26.7 Å². The van der Waals surface area contributed by atoms with Crippen molar-refractivity contribution in [3.8, 4) is 0 Å². The van der Waals surface area contributed by atoms with Crippen molar-refractivity contribution in [3.63, 3.8) is 0 Å². The Kier molecular flexibility index (Phi) is 6.80. The maximum absolute atomic E-state index is 14.2. The number of fused-ring (bicyclic) bond motifs is 1. The van der Waals surface area contributed by atoms with Crippen LogP contribution >= 0.6 is 23.4 Å². The molecule has 1 spiro atoms. The van der Waals surface area contributed by atoms with Gasteiger partial charge in [0.15, 0.2) is 0 Å². The Bertz CT molecular complexity index is 974. The number of likely N-dealkylation sites (tertiary alicyclic amines) is 1. The Morgan fingerprint density at radius 2 is 2.18 bits per heavy atom. The van der Waals surface area contributed by atoms with Crippen LogP contribution in [-0.2, 0) is 19.1 Å². The number of benzene rings is 1. The topological polar surface area (TPSA) is 87.2 Å². The number of anilines is 1. The van der Waals surface area contributed by atoms with E-state index in [0.29, 0.717) is 17.1 Å². The van der Waals surface area contributed by atoms with Crippen molar-refractivity contribution in [2.75, 3.05) is 24.7 Å². The monoisotopic (exact) mass is 492 g/mol. The Hall–Kier alpha value is -2.03. The molecule has 9 heteroatoms. The highest BCUT2D eigenvalue weighted by Crippen LogP contribution is 2.67. The van der Waals surface area contributed by atoms with Gasteiger partial charge in [-0.1, -0.05) is 29.8 Å². The molecule has 33 heavy (non-hydrogen) atoms. The number of hydrogen-bond acceptors (Lipinski definition) is 6. The molecule has 3 fully saturated rings. The average molecular weight is 493 g/mol. The predicted molar refractivity (Wildman–Crippen MR) is 128 cm³/mol. The normalized spacial score (nSPS) is 30.8. The van der Waals surface area contributed by atoms with E-state index >= 15 is 0 Å². The number of carbonyl (C=O) groups is 3. The molecule has 1 aromatic rings. The van der Waals surface area contributed by atoms with Gasteiger partial charge in [0.1, 0.15) is 6.04 Å². The summed E-state index contributed by atoms with van der Waals surface area (Å²) in [7, 11) is 0. The molecule has 7 nitrogen and oxygen atoms in total. The largest absolute Gasteiger partial charge is 0.466 e. The summed E-state index contributed by atoms with van der Waals surface area (Å²) < 4.78 is 4.57. The number of halogens is 1. The van der Waals surface area contributed by atoms with Gasteiger partial charge < -0.3 is 19.6 Å². The molecular formula is C24H29ClN2O5S. The number of aliphatic hydroxyl groups excluding tert-OH is 1. The van der Waals surface area contributed by atoms with Gasteiger partial charge in [0.2, 0.25) is 5.91 Å². The van der Waals surface area contributed by atoms with E-state index in [0.717, 1.165) is 6.42 Å². The van der Waals surface area contributed by atoms with Crippen molar-refractivity contribution in [3.05, 3.63) is 41.9 Å². The lowest BCUT2D eigenvalue weighted by Crippen LogP contribution is -2.57. The van der Waals surface area contributed by atoms with E-state index in [1.807, 2.05) is 0 Å². The number of aliphatic hydroxyl groups is 1. The zero-order valence-corrected chi connectivity index (χ0v) is 20.3. The van der Waals surface area contributed by atoms with Crippen molar-refractivity contribution in [2.24, 2.45) is 11.8 Å². The maximum atomic E-state index is 14.2. The molecule has 0 aromatic heterocycles. The number of para-hydroxylation sites is 1. The third kappa shape index (κ3) is 3.67. The van der Waals surface area contributed by atoms with E-state index in [-0.39, 0.29) is 42.8 Å². The zero-order valence-electron chi connectivity index (χ0n) is 18.8. The molecule has 3 aliphatic rings. The molecule has 3 heterocycles. The summed E-state index contributed by atoms with van der Waals surface area (Å²) >= 11 is 8.00. The number of amides is 2. The lowest BCUT2D eigenvalue weighted by molar-refractivity contribution is -0.154. The van der Waals surface area contributed by atoms with E-state index in [9.17, 15) is 19.5 Å². The summed E-state index contributed by atoms with van der Waals surface area (Å²) in [5, 5.41) is 10.3. The van der Waals surface area contributed by atoms with E-state index in [4.69, 9.17) is 16.3 Å². The summed E-state index contributed by atoms with van der Waals surface area (Å²) in [6.07, 6.45) is 2.99. The molecule has 2 unspecified atom stereocenters. The molecule has 2 bridgehead atoms. The molecule has 6 atom stereocenters. The number of nitrogens with zero attached hydrogens (tertiary/aromatic N) is 2. The highest BCUT2D eigenvalue weighted by molar-refractivity contribution is 8.02. The number of thioether (sulfide) groups is 1. The van der Waals surface area contributed by atoms with Crippen LogP contribution in [0.5, 0.6) is 0 Å². The molecule has 3 aliphatic heterocycles. The Morgan fingerprint density at radius 1 is 1.45 bits per heavy atom. The minimum atomic E-state index is -0.831. The van der Waals surface area contributed by atoms with E-state index < -0.39 is 28.7 Å². The van der Waals surface area contributed by atoms with Crippen LogP contribution < -0.4 is 4.90 Å². The fraction of sp³-hybridized carbons (Fsp3) is 0.542. The molecule has 1 N–H and O–H groups in total. The first kappa shape index (κ1) is 24.1. The molecule has 0 saturated carbocycles. The van der Waals surface area contributed by atoms with Gasteiger partial charge in [-0.2, -0.15) is 0 Å². The highest BCUT2D eigenvalue weighted by Gasteiger charge is 2.74. The smallest absolute Gasteiger partial charge is 0.310 e. The highest BCUT2D eigenvalue weighted by atomic mass is 35.5. The number of hydrogen-bond donors (Lipinski definition) is 1. The third-order valence-corrected chi connectivity index (χ3v) is 9.26. The molecule has 3 saturated heterocycles. The minimum absolute atomic E-state index is 0.0620. The standard InChI is InChI=1S/C24H29ClN2O5S/c1-4-12-26(16-9-7-6-8-15(16)25)22(30)20-24-11-10-17(33-24)18(23(31)32-5-2)19(24)21(29)27(20)14(3)13-28/h4,6-9,14,17-20,28H,1,5,10-13H2,2-3H3/t14-,17-,18+,19+,20?,24?/m1/s1. The number of carbonyl (C=O) groups excluding carboxylic acids is 3. The van der Waals surface area contributed by atoms with Gasteiger partial charge in [-0.05, 0) is 38.8 Å². The van der Waals surface area contributed by atoms with Crippen LogP contribution in [0.25, 0.3) is 0 Å². The van der Waals surface area contributed by atoms with Crippen LogP contribution in [0.2, 0.25) is 5.02 Å². The lowest BCUT2D eigenvalue weighted by atomic mass is 9.71. The number of ether oxygens (including phenoxy) is 1. The zero-order chi connectivity index (χ0) is 23.9. The van der Waals surface area contributed by atoms with Crippen LogP contribution in [0.4, 0.5) is 5.69 Å². The molecule has 0 radical (unpaired) electrons. The number of rotatable bonds is 8. The van der Waals surface area contributed by atoms with Crippen LogP contribution in [0.15, 0.2) is 36.9 Å². The quantitative estimate of drug-likeness (QED) is 0.443. The summed E-state index contributed by atoms with van der Waals surface area (Å²) in [5.74, 6) is -2.17. The third-order valence-electron chi connectivity index (χ3n) is 6.99. The van der Waals surface area contributed by atoms with Crippen molar-refractivity contribution in [2.45, 2.75) is 48.8 Å². The van der Waals surface area contributed by atoms with Crippen LogP contribution in [-0.4, -0.2) is 69.6 Å². The molecule has 2 amide bonds. The molecule has 4 rings (SSSR count). The Balaban J connectivity index is 1.80. The first-order valence-corrected chi connectivity index (χ1v) is 12.5. The van der Waals surface area contributed by atoms with E-state index in [1.165, 1.54) is 4.90 Å². The summed E-state index contributed by atoms with van der Waals surface area (Å²) in [6, 6.07) is 5.65. The summed E-state index contributed by atoms with van der Waals surface area (Å²) in [4.78, 5) is 43.9. The minimum Gasteiger partial charge on any atom is -0.466 e. The van der Waals surface area contributed by atoms with Gasteiger partial charge in [0.25, 0.3) is 5.91 Å². The van der Waals surface area contributed by atoms with E-state index in [1.54, 1.807) is 60.9 Å². The van der Waals surface area contributed by atoms with Crippen LogP contribution in [0.3, 0.4) is 0 Å². The van der Waals surface area contributed by atoms with Gasteiger partial charge in [0, 0.05) is 11.8 Å². The molecular weight excluding hydrogens is 464 g/mol. The van der Waals surface area contributed by atoms with Gasteiger partial charge in [0.05, 0.1) is 46.5 Å². The predicted octanol–water partition coefficient (Wildman–Crippen LogP) is 2.89. The second kappa shape index (κ2) is 9.31. The first-order chi connectivity index (χ1) is 15.8. The van der Waals surface area contributed by atoms with Gasteiger partial charge in [-0.3, -0.25) is 14.4 Å². The maximum Gasteiger partial charge on any atom is 0.310 e. The van der Waals surface area contributed by atoms with Crippen molar-refractivity contribution in [1.82, 2.24) is 4.90 Å². The summed E-state index contributed by atoms with van der Waals surface area (Å²) in [5.41, 5.74) is 0.535. The number of esters is 1. The van der Waals surface area contributed by atoms with Crippen molar-refractivity contribution >= 4 is 46.8 Å². The van der Waals surface area contributed by atoms with Crippen LogP contribution in [0, 0.1) is 11.8 Å². The Morgan fingerprint density at radius 3 is 2.82 bits per heavy atom. The van der Waals surface area contributed by atoms with E-state index in [2.05, 4.69) is 6.58 Å². The SMILES string of the molecule is C=CCN(C(=O)C1N([C@H](C)CO)C(=O)[C@@H]2[C@@H](C(=O)OCC)[C@H]3CCC12S3)c1ccccc1Cl. The molecule has 0 aliphatic carbocycles. The fourth-order valence-electron chi connectivity index (χ4n) is 5.69. The lowest BCUT2D eigenvalue weighted by Gasteiger charge is -2.39. The van der Waals surface area contributed by atoms with Crippen molar-refractivity contribution in [1.29, 1.82) is 0 Å². The second-order valence-corrected chi connectivity index (χ2v) is 10.8. The first-order valence-electron chi connectivity index (χ1n) is 11.3. The molecule has 178 valence electrons. The molecule has 1 aromatic carbocycles. The van der Waals surface area contributed by atoms with Gasteiger partial charge in [-0.25, -0.2) is 0 Å². The fourth-order valence-corrected chi connectivity index (χ4v) is 8.12. The van der Waals surface area contributed by atoms with Gasteiger partial charge in [-0.15, -0.1) is 18.3 Å². The van der Waals surface area contributed by atoms with Gasteiger partial charge >= 0.3 is 5.97 Å². The Labute approximate surface area is 203 Å². The summed E-state index contributed by atoms with van der Waals surface area (Å²) in [6.45, 7) is 7.42. The average Bonchev–Trinajstić information content (AvgIpc) is 3.44. The second-order valence-electron chi connectivity index (χ2n) is 8.77.